The Balaban J connectivity index is 0.000000606. The second-order valence-corrected chi connectivity index (χ2v) is 3.97. The number of aryl methyl sites for hydroxylation is 2. The lowest BCUT2D eigenvalue weighted by molar-refractivity contribution is -0.0144. The number of hydrogen-bond acceptors (Lipinski definition) is 1. The minimum absolute atomic E-state index is 0.0684. The van der Waals surface area contributed by atoms with E-state index in [9.17, 15) is 8.78 Å². The van der Waals surface area contributed by atoms with Gasteiger partial charge in [-0.2, -0.15) is 13.9 Å². The summed E-state index contributed by atoms with van der Waals surface area (Å²) in [5, 5.41) is 4.13. The number of alkyl halides is 2. The Morgan fingerprint density at radius 2 is 2.00 bits per heavy atom. The fourth-order valence-electron chi connectivity index (χ4n) is 2.38. The lowest BCUT2D eigenvalue weighted by atomic mass is 10.1. The molecule has 0 fully saturated rings. The van der Waals surface area contributed by atoms with Crippen LogP contribution in [0.4, 0.5) is 8.78 Å². The van der Waals surface area contributed by atoms with Crippen LogP contribution in [-0.2, 0) is 12.5 Å². The number of aromatic nitrogens is 2. The monoisotopic (exact) mass is 230 g/mol. The van der Waals surface area contributed by atoms with E-state index in [4.69, 9.17) is 0 Å². The van der Waals surface area contributed by atoms with Gasteiger partial charge in [0.1, 0.15) is 5.69 Å². The van der Waals surface area contributed by atoms with Crippen LogP contribution in [0.5, 0.6) is 0 Å². The topological polar surface area (TPSA) is 17.8 Å². The van der Waals surface area contributed by atoms with E-state index in [0.29, 0.717) is 6.54 Å². The molecule has 1 aliphatic rings. The van der Waals surface area contributed by atoms with Gasteiger partial charge in [0.15, 0.2) is 0 Å². The van der Waals surface area contributed by atoms with Gasteiger partial charge < -0.3 is 0 Å². The molecule has 0 N–H and O–H groups in total. The Labute approximate surface area is 95.7 Å². The van der Waals surface area contributed by atoms with Gasteiger partial charge in [-0.25, -0.2) is 0 Å². The summed E-state index contributed by atoms with van der Waals surface area (Å²) in [5.41, 5.74) is 1.66. The molecule has 2 rings (SSSR count). The standard InChI is InChI=1S/C10H14F2N2.C2H6/c1-4-14-9-8(7(3)13-14)6(2)5-10(9,11)12;1-2/h6H,4-5H2,1-3H3;1-2H3/t6-;/m0./s1. The third-order valence-electron chi connectivity index (χ3n) is 2.88. The van der Waals surface area contributed by atoms with Crippen LogP contribution in [0.2, 0.25) is 0 Å². The van der Waals surface area contributed by atoms with Crippen molar-refractivity contribution in [1.82, 2.24) is 9.78 Å². The van der Waals surface area contributed by atoms with Gasteiger partial charge >= 0.3 is 0 Å². The summed E-state index contributed by atoms with van der Waals surface area (Å²) in [4.78, 5) is 0. The van der Waals surface area contributed by atoms with Crippen LogP contribution < -0.4 is 0 Å². The first-order valence-corrected chi connectivity index (χ1v) is 5.93. The molecule has 1 atom stereocenters. The molecule has 16 heavy (non-hydrogen) atoms. The van der Waals surface area contributed by atoms with E-state index in [1.807, 2.05) is 34.6 Å². The van der Waals surface area contributed by atoms with Gasteiger partial charge in [0, 0.05) is 18.5 Å². The van der Waals surface area contributed by atoms with E-state index < -0.39 is 5.92 Å². The fraction of sp³-hybridized carbons (Fsp3) is 0.750. The van der Waals surface area contributed by atoms with Crippen molar-refractivity contribution >= 4 is 0 Å². The minimum atomic E-state index is -2.69. The molecule has 2 nitrogen and oxygen atoms in total. The molecule has 0 saturated carbocycles. The highest BCUT2D eigenvalue weighted by Gasteiger charge is 2.47. The molecule has 92 valence electrons. The molecule has 0 unspecified atom stereocenters. The van der Waals surface area contributed by atoms with Crippen LogP contribution in [0.15, 0.2) is 0 Å². The SMILES string of the molecule is CC.CCn1nc(C)c2c1C(F)(F)C[C@@H]2C. The molecule has 0 spiro atoms. The van der Waals surface area contributed by atoms with Gasteiger partial charge in [-0.15, -0.1) is 0 Å². The number of nitrogens with zero attached hydrogens (tertiary/aromatic N) is 2. The molecule has 0 radical (unpaired) electrons. The zero-order valence-electron chi connectivity index (χ0n) is 10.6. The molecule has 4 heteroatoms. The molecule has 0 amide bonds. The highest BCUT2D eigenvalue weighted by Crippen LogP contribution is 2.49. The first-order valence-electron chi connectivity index (χ1n) is 5.93. The van der Waals surface area contributed by atoms with Crippen LogP contribution in [0.25, 0.3) is 0 Å². The van der Waals surface area contributed by atoms with Crippen molar-refractivity contribution in [3.63, 3.8) is 0 Å². The second-order valence-electron chi connectivity index (χ2n) is 3.97. The third-order valence-corrected chi connectivity index (χ3v) is 2.88. The molecule has 1 heterocycles. The lowest BCUT2D eigenvalue weighted by Crippen LogP contribution is -2.15. The Bertz CT molecular complexity index is 369. The minimum Gasteiger partial charge on any atom is -0.263 e. The molecule has 1 aromatic rings. The molecular formula is C12H20F2N2. The van der Waals surface area contributed by atoms with Crippen molar-refractivity contribution in [3.8, 4) is 0 Å². The average molecular weight is 230 g/mol. The van der Waals surface area contributed by atoms with Crippen molar-refractivity contribution in [2.24, 2.45) is 0 Å². The largest absolute Gasteiger partial charge is 0.290 e. The zero-order chi connectivity index (χ0) is 12.5. The first kappa shape index (κ1) is 13.1. The predicted molar refractivity (Wildman–Crippen MR) is 60.9 cm³/mol. The summed E-state index contributed by atoms with van der Waals surface area (Å²) in [6, 6.07) is 0. The molecule has 0 bridgehead atoms. The smallest absolute Gasteiger partial charge is 0.263 e. The van der Waals surface area contributed by atoms with Crippen LogP contribution >= 0.6 is 0 Å². The predicted octanol–water partition coefficient (Wildman–Crippen LogP) is 3.84. The molecular weight excluding hydrogens is 210 g/mol. The van der Waals surface area contributed by atoms with Gasteiger partial charge in [-0.05, 0) is 19.8 Å². The third kappa shape index (κ3) is 1.85. The maximum Gasteiger partial charge on any atom is 0.290 e. The highest BCUT2D eigenvalue weighted by molar-refractivity contribution is 5.37. The summed E-state index contributed by atoms with van der Waals surface area (Å²) in [6.45, 7) is 10.0. The van der Waals surface area contributed by atoms with E-state index in [1.165, 1.54) is 4.68 Å². The van der Waals surface area contributed by atoms with Gasteiger partial charge in [0.2, 0.25) is 0 Å². The van der Waals surface area contributed by atoms with Gasteiger partial charge in [-0.1, -0.05) is 20.8 Å². The quantitative estimate of drug-likeness (QED) is 0.716. The summed E-state index contributed by atoms with van der Waals surface area (Å²) in [6.07, 6.45) is -0.0684. The summed E-state index contributed by atoms with van der Waals surface area (Å²) >= 11 is 0. The number of halogens is 2. The summed E-state index contributed by atoms with van der Waals surface area (Å²) in [5.74, 6) is -2.76. The molecule has 0 aliphatic heterocycles. The second kappa shape index (κ2) is 4.52. The Morgan fingerprint density at radius 1 is 1.44 bits per heavy atom. The number of rotatable bonds is 1. The summed E-state index contributed by atoms with van der Waals surface area (Å²) in [7, 11) is 0. The van der Waals surface area contributed by atoms with Crippen LogP contribution in [0, 0.1) is 6.92 Å². The van der Waals surface area contributed by atoms with E-state index in [1.54, 1.807) is 0 Å². The van der Waals surface area contributed by atoms with Crippen LogP contribution in [0.3, 0.4) is 0 Å². The van der Waals surface area contributed by atoms with E-state index in [0.717, 1.165) is 11.3 Å². The van der Waals surface area contributed by atoms with Gasteiger partial charge in [-0.3, -0.25) is 4.68 Å². The van der Waals surface area contributed by atoms with Crippen molar-refractivity contribution in [1.29, 1.82) is 0 Å². The average Bonchev–Trinajstić information content (AvgIpc) is 2.68. The maximum atomic E-state index is 13.6. The molecule has 0 aromatic carbocycles. The first-order chi connectivity index (χ1) is 7.47. The maximum absolute atomic E-state index is 13.6. The van der Waals surface area contributed by atoms with E-state index >= 15 is 0 Å². The van der Waals surface area contributed by atoms with E-state index in [-0.39, 0.29) is 18.0 Å². The van der Waals surface area contributed by atoms with Crippen molar-refractivity contribution < 1.29 is 8.78 Å². The number of fused-ring (bicyclic) bond motifs is 1. The number of hydrogen-bond donors (Lipinski definition) is 0. The molecule has 0 saturated heterocycles. The van der Waals surface area contributed by atoms with E-state index in [2.05, 4.69) is 5.10 Å². The zero-order valence-corrected chi connectivity index (χ0v) is 10.6. The summed E-state index contributed by atoms with van der Waals surface area (Å²) < 4.78 is 28.6. The fourth-order valence-corrected chi connectivity index (χ4v) is 2.38. The normalized spacial score (nSPS) is 21.3. The van der Waals surface area contributed by atoms with Gasteiger partial charge in [0.25, 0.3) is 5.92 Å². The highest BCUT2D eigenvalue weighted by atomic mass is 19.3. The Kier molecular flexibility index (Phi) is 3.71. The Morgan fingerprint density at radius 3 is 2.50 bits per heavy atom. The van der Waals surface area contributed by atoms with Gasteiger partial charge in [0.05, 0.1) is 5.69 Å². The molecule has 1 aromatic heterocycles. The van der Waals surface area contributed by atoms with Crippen molar-refractivity contribution in [2.45, 2.75) is 59.4 Å². The Hall–Kier alpha value is -0.930. The molecule has 1 aliphatic carbocycles. The van der Waals surface area contributed by atoms with Crippen LogP contribution in [0.1, 0.15) is 57.0 Å². The van der Waals surface area contributed by atoms with Crippen molar-refractivity contribution in [3.05, 3.63) is 17.0 Å². The van der Waals surface area contributed by atoms with Crippen LogP contribution in [-0.4, -0.2) is 9.78 Å². The van der Waals surface area contributed by atoms with Crippen molar-refractivity contribution in [2.75, 3.05) is 0 Å². The lowest BCUT2D eigenvalue weighted by Gasteiger charge is -2.11.